The molecule has 1 rings (SSSR count). The molecular formula is C10H13N3O2. The third kappa shape index (κ3) is 2.54. The molecule has 0 fully saturated rings. The molecule has 1 aromatic rings. The van der Waals surface area contributed by atoms with Gasteiger partial charge in [-0.15, -0.1) is 0 Å². The fraction of sp³-hybridized carbons (Fsp3) is 0.200. The minimum Gasteiger partial charge on any atom is -0.480 e. The highest BCUT2D eigenvalue weighted by molar-refractivity contribution is 5.73. The molecule has 0 saturated carbocycles. The molecule has 0 spiro atoms. The molecule has 1 atom stereocenters. The molecular weight excluding hydrogens is 194 g/mol. The van der Waals surface area contributed by atoms with Crippen molar-refractivity contribution in [3.8, 4) is 0 Å². The Balaban J connectivity index is 2.92. The molecule has 0 aliphatic heterocycles. The van der Waals surface area contributed by atoms with Gasteiger partial charge >= 0.3 is 5.97 Å². The summed E-state index contributed by atoms with van der Waals surface area (Å²) in [4.78, 5) is 17.6. The van der Waals surface area contributed by atoms with Gasteiger partial charge in [-0.1, -0.05) is 13.2 Å². The highest BCUT2D eigenvalue weighted by Gasteiger charge is 2.16. The highest BCUT2D eigenvalue weighted by atomic mass is 16.4. The van der Waals surface area contributed by atoms with Crippen LogP contribution in [0.1, 0.15) is 17.2 Å². The van der Waals surface area contributed by atoms with E-state index in [9.17, 15) is 4.79 Å². The first-order chi connectivity index (χ1) is 7.08. The second-order valence-electron chi connectivity index (χ2n) is 3.04. The molecule has 0 aromatic carbocycles. The van der Waals surface area contributed by atoms with E-state index in [1.165, 1.54) is 0 Å². The maximum atomic E-state index is 10.6. The summed E-state index contributed by atoms with van der Waals surface area (Å²) >= 11 is 0. The summed E-state index contributed by atoms with van der Waals surface area (Å²) in [6.45, 7) is 7.16. The number of nitrogens with one attached hydrogen (secondary N) is 1. The minimum absolute atomic E-state index is 0.168. The number of aromatic amines is 1. The number of H-pyrrole nitrogens is 1. The van der Waals surface area contributed by atoms with Crippen molar-refractivity contribution in [2.75, 3.05) is 0 Å². The van der Waals surface area contributed by atoms with Crippen LogP contribution in [0.25, 0.3) is 12.2 Å². The van der Waals surface area contributed by atoms with Crippen molar-refractivity contribution in [1.82, 2.24) is 9.97 Å². The summed E-state index contributed by atoms with van der Waals surface area (Å²) in [6, 6.07) is -0.954. The molecule has 0 unspecified atom stereocenters. The third-order valence-electron chi connectivity index (χ3n) is 1.96. The Kier molecular flexibility index (Phi) is 3.41. The van der Waals surface area contributed by atoms with Crippen LogP contribution in [-0.4, -0.2) is 27.1 Å². The number of imidazole rings is 1. The average Bonchev–Trinajstić information content (AvgIpc) is 2.60. The molecule has 4 N–H and O–H groups in total. The van der Waals surface area contributed by atoms with Crippen molar-refractivity contribution in [1.29, 1.82) is 0 Å². The Morgan fingerprint density at radius 3 is 2.73 bits per heavy atom. The number of aromatic nitrogens is 2. The van der Waals surface area contributed by atoms with Crippen molar-refractivity contribution in [3.05, 3.63) is 30.4 Å². The topological polar surface area (TPSA) is 92.0 Å². The maximum Gasteiger partial charge on any atom is 0.320 e. The van der Waals surface area contributed by atoms with E-state index >= 15 is 0 Å². The van der Waals surface area contributed by atoms with Crippen molar-refractivity contribution < 1.29 is 9.90 Å². The number of hydrogen-bond donors (Lipinski definition) is 3. The van der Waals surface area contributed by atoms with Gasteiger partial charge < -0.3 is 15.8 Å². The van der Waals surface area contributed by atoms with E-state index in [-0.39, 0.29) is 6.42 Å². The molecule has 0 aliphatic carbocycles. The highest BCUT2D eigenvalue weighted by Crippen LogP contribution is 2.10. The molecule has 0 radical (unpaired) electrons. The fourth-order valence-electron chi connectivity index (χ4n) is 1.16. The van der Waals surface area contributed by atoms with Gasteiger partial charge in [0.15, 0.2) is 0 Å². The zero-order valence-corrected chi connectivity index (χ0v) is 8.23. The predicted molar refractivity (Wildman–Crippen MR) is 58.1 cm³/mol. The zero-order valence-electron chi connectivity index (χ0n) is 8.23. The van der Waals surface area contributed by atoms with Crippen LogP contribution in [0, 0.1) is 0 Å². The normalized spacial score (nSPS) is 12.1. The number of hydrogen-bond acceptors (Lipinski definition) is 3. The summed E-state index contributed by atoms with van der Waals surface area (Å²) < 4.78 is 0. The number of nitrogens with two attached hydrogens (primary N) is 1. The molecule has 5 nitrogen and oxygen atoms in total. The van der Waals surface area contributed by atoms with E-state index in [1.807, 2.05) is 0 Å². The number of carboxylic acid groups (broad SMARTS) is 1. The lowest BCUT2D eigenvalue weighted by molar-refractivity contribution is -0.138. The lowest BCUT2D eigenvalue weighted by atomic mass is 10.1. The predicted octanol–water partition coefficient (Wildman–Crippen LogP) is 0.650. The molecule has 0 saturated heterocycles. The second-order valence-corrected chi connectivity index (χ2v) is 3.04. The average molecular weight is 207 g/mol. The summed E-state index contributed by atoms with van der Waals surface area (Å²) in [7, 11) is 0. The van der Waals surface area contributed by atoms with Gasteiger partial charge in [-0.25, -0.2) is 4.98 Å². The quantitative estimate of drug-likeness (QED) is 0.661. The monoisotopic (exact) mass is 207 g/mol. The fourth-order valence-corrected chi connectivity index (χ4v) is 1.16. The van der Waals surface area contributed by atoms with Crippen LogP contribution in [0.5, 0.6) is 0 Å². The Morgan fingerprint density at radius 1 is 1.60 bits per heavy atom. The molecule has 1 aromatic heterocycles. The molecule has 1 heterocycles. The van der Waals surface area contributed by atoms with Gasteiger partial charge in [0, 0.05) is 6.42 Å². The molecule has 0 amide bonds. The number of carbonyl (C=O) groups is 1. The van der Waals surface area contributed by atoms with E-state index < -0.39 is 12.0 Å². The Labute approximate surface area is 87.3 Å². The standard InChI is InChI=1S/C10H13N3O2/c1-3-7-8(5-6(11)10(14)15)13-9(4-2)12-7/h3-4,6H,1-2,5,11H2,(H,12,13)(H,14,15)/t6-/m0/s1. The van der Waals surface area contributed by atoms with E-state index in [0.29, 0.717) is 17.2 Å². The van der Waals surface area contributed by atoms with Gasteiger partial charge in [0.2, 0.25) is 0 Å². The first-order valence-electron chi connectivity index (χ1n) is 4.40. The van der Waals surface area contributed by atoms with E-state index in [2.05, 4.69) is 23.1 Å². The molecule has 5 heteroatoms. The first kappa shape index (κ1) is 11.2. The Hall–Kier alpha value is -1.88. The van der Waals surface area contributed by atoms with Gasteiger partial charge in [0.1, 0.15) is 11.9 Å². The van der Waals surface area contributed by atoms with Crippen LogP contribution in [0.2, 0.25) is 0 Å². The minimum atomic E-state index is -1.05. The van der Waals surface area contributed by atoms with Crippen LogP contribution < -0.4 is 5.73 Å². The lowest BCUT2D eigenvalue weighted by Gasteiger charge is -2.03. The molecule has 0 aliphatic rings. The van der Waals surface area contributed by atoms with Gasteiger partial charge in [0.05, 0.1) is 11.4 Å². The van der Waals surface area contributed by atoms with E-state index in [4.69, 9.17) is 10.8 Å². The van der Waals surface area contributed by atoms with E-state index in [0.717, 1.165) is 0 Å². The van der Waals surface area contributed by atoms with Crippen molar-refractivity contribution >= 4 is 18.1 Å². The van der Waals surface area contributed by atoms with Crippen molar-refractivity contribution in [3.63, 3.8) is 0 Å². The number of carboxylic acids is 1. The third-order valence-corrected chi connectivity index (χ3v) is 1.96. The van der Waals surface area contributed by atoms with Crippen LogP contribution in [-0.2, 0) is 11.2 Å². The summed E-state index contributed by atoms with van der Waals surface area (Å²) in [6.07, 6.45) is 3.29. The summed E-state index contributed by atoms with van der Waals surface area (Å²) in [5, 5.41) is 8.66. The van der Waals surface area contributed by atoms with Crippen LogP contribution in [0.3, 0.4) is 0 Å². The second kappa shape index (κ2) is 4.56. The smallest absolute Gasteiger partial charge is 0.320 e. The zero-order chi connectivity index (χ0) is 11.4. The molecule has 0 bridgehead atoms. The van der Waals surface area contributed by atoms with Gasteiger partial charge in [-0.2, -0.15) is 0 Å². The first-order valence-corrected chi connectivity index (χ1v) is 4.40. The Morgan fingerprint density at radius 2 is 2.27 bits per heavy atom. The van der Waals surface area contributed by atoms with Crippen molar-refractivity contribution in [2.45, 2.75) is 12.5 Å². The molecule has 15 heavy (non-hydrogen) atoms. The summed E-state index contributed by atoms with van der Waals surface area (Å²) in [5.41, 5.74) is 6.68. The van der Waals surface area contributed by atoms with Crippen molar-refractivity contribution in [2.24, 2.45) is 5.73 Å². The van der Waals surface area contributed by atoms with Gasteiger partial charge in [0.25, 0.3) is 0 Å². The molecule has 80 valence electrons. The van der Waals surface area contributed by atoms with Crippen LogP contribution >= 0.6 is 0 Å². The van der Waals surface area contributed by atoms with E-state index in [1.54, 1.807) is 12.2 Å². The SMILES string of the molecule is C=Cc1nc(C[C@H](N)C(=O)O)c(C=C)[nH]1. The summed E-state index contributed by atoms with van der Waals surface area (Å²) in [5.74, 6) is -0.467. The van der Waals surface area contributed by atoms with Crippen LogP contribution in [0.15, 0.2) is 13.2 Å². The maximum absolute atomic E-state index is 10.6. The van der Waals surface area contributed by atoms with Gasteiger partial charge in [-0.05, 0) is 12.2 Å². The number of aliphatic carboxylic acids is 1. The number of nitrogens with zero attached hydrogens (tertiary/aromatic N) is 1. The lowest BCUT2D eigenvalue weighted by Crippen LogP contribution is -2.32. The van der Waals surface area contributed by atoms with Crippen LogP contribution in [0.4, 0.5) is 0 Å². The van der Waals surface area contributed by atoms with Gasteiger partial charge in [-0.3, -0.25) is 4.79 Å². The largest absolute Gasteiger partial charge is 0.480 e. The number of rotatable bonds is 5. The Bertz CT molecular complexity index is 395.